The van der Waals surface area contributed by atoms with Gasteiger partial charge < -0.3 is 4.12 Å². The van der Waals surface area contributed by atoms with Crippen LogP contribution in [0.25, 0.3) is 0 Å². The van der Waals surface area contributed by atoms with E-state index in [0.29, 0.717) is 0 Å². The average Bonchev–Trinajstić information content (AvgIpc) is 1.91. The first-order valence-corrected chi connectivity index (χ1v) is 5.06. The van der Waals surface area contributed by atoms with Crippen molar-refractivity contribution in [3.63, 3.8) is 0 Å². The molecule has 0 bridgehead atoms. The quantitative estimate of drug-likeness (QED) is 0.589. The minimum absolute atomic E-state index is 0. The summed E-state index contributed by atoms with van der Waals surface area (Å²) in [5.74, 6) is 0. The van der Waals surface area contributed by atoms with Gasteiger partial charge in [-0.25, -0.2) is 0 Å². The van der Waals surface area contributed by atoms with Crippen LogP contribution in [0.3, 0.4) is 0 Å². The maximum atomic E-state index is 5.21. The van der Waals surface area contributed by atoms with Crippen LogP contribution in [0.15, 0.2) is 30.3 Å². The van der Waals surface area contributed by atoms with Crippen molar-refractivity contribution >= 4 is 25.4 Å². The van der Waals surface area contributed by atoms with E-state index >= 15 is 0 Å². The van der Waals surface area contributed by atoms with Gasteiger partial charge in [0, 0.05) is 0 Å². The lowest BCUT2D eigenvalue weighted by molar-refractivity contribution is 0.676. The monoisotopic (exact) mass is 186 g/mol. The molecule has 11 heavy (non-hydrogen) atoms. The summed E-state index contributed by atoms with van der Waals surface area (Å²) < 4.78 is 5.21. The highest BCUT2D eigenvalue weighted by Gasteiger charge is 1.86. The molecule has 0 aliphatic rings. The highest BCUT2D eigenvalue weighted by Crippen LogP contribution is 1.79. The molecule has 1 rings (SSSR count). The summed E-state index contributed by atoms with van der Waals surface area (Å²) in [6.07, 6.45) is 0. The van der Waals surface area contributed by atoms with E-state index in [9.17, 15) is 0 Å². The normalized spacial score (nSPS) is 9.09. The molecule has 1 aromatic rings. The van der Waals surface area contributed by atoms with E-state index in [4.69, 9.17) is 4.12 Å². The number of rotatable bonds is 2. The molecule has 0 saturated heterocycles. The predicted octanol–water partition coefficient (Wildman–Crippen LogP) is -0.0351. The summed E-state index contributed by atoms with van der Waals surface area (Å²) in [5, 5.41) is 1.40. The zero-order chi connectivity index (χ0) is 6.53. The summed E-state index contributed by atoms with van der Waals surface area (Å²) in [4.78, 5) is 0. The maximum Gasteiger partial charge on any atom is 0.178 e. The molecule has 64 valence electrons. The van der Waals surface area contributed by atoms with E-state index in [-0.39, 0.29) is 24.6 Å². The first-order chi connectivity index (χ1) is 4.43. The Kier molecular flexibility index (Phi) is 9.28. The Labute approximate surface area is 75.3 Å². The standard InChI is InChI=1S/C6H10OSi2.2CH4/c8-7-9-6-4-2-1-3-5-6;;/h1-5H,9H2,8H3;2*1H4. The van der Waals surface area contributed by atoms with Crippen molar-refractivity contribution in [1.82, 2.24) is 0 Å². The first-order valence-electron chi connectivity index (χ1n) is 2.96. The summed E-state index contributed by atoms with van der Waals surface area (Å²) >= 11 is 0. The van der Waals surface area contributed by atoms with Crippen LogP contribution >= 0.6 is 0 Å². The maximum absolute atomic E-state index is 5.21. The second kappa shape index (κ2) is 7.72. The summed E-state index contributed by atoms with van der Waals surface area (Å²) in [7, 11) is 0.546. The van der Waals surface area contributed by atoms with Crippen molar-refractivity contribution in [2.45, 2.75) is 14.9 Å². The van der Waals surface area contributed by atoms with Crippen molar-refractivity contribution in [1.29, 1.82) is 0 Å². The van der Waals surface area contributed by atoms with Gasteiger partial charge in [0.1, 0.15) is 10.5 Å². The lowest BCUT2D eigenvalue weighted by atomic mass is 10.4. The van der Waals surface area contributed by atoms with Gasteiger partial charge in [-0.15, -0.1) is 0 Å². The molecular formula is C8H18OSi2. The molecule has 0 fully saturated rings. The molecule has 1 aromatic carbocycles. The molecule has 0 spiro atoms. The van der Waals surface area contributed by atoms with Gasteiger partial charge in [-0.1, -0.05) is 45.2 Å². The molecular weight excluding hydrogens is 168 g/mol. The smallest absolute Gasteiger partial charge is 0.178 e. The van der Waals surface area contributed by atoms with Gasteiger partial charge >= 0.3 is 0 Å². The third-order valence-corrected chi connectivity index (χ3v) is 3.11. The molecule has 0 atom stereocenters. The van der Waals surface area contributed by atoms with Gasteiger partial charge in [0.2, 0.25) is 0 Å². The number of hydrogen-bond acceptors (Lipinski definition) is 1. The molecule has 0 N–H and O–H groups in total. The lowest BCUT2D eigenvalue weighted by Crippen LogP contribution is -2.14. The predicted molar refractivity (Wildman–Crippen MR) is 59.1 cm³/mol. The molecule has 0 aromatic heterocycles. The fraction of sp³-hybridized carbons (Fsp3) is 0.250. The Morgan fingerprint density at radius 1 is 1.09 bits per heavy atom. The van der Waals surface area contributed by atoms with Crippen molar-refractivity contribution in [2.24, 2.45) is 0 Å². The third kappa shape index (κ3) is 4.95. The zero-order valence-corrected chi connectivity index (χ0v) is 8.92. The zero-order valence-electron chi connectivity index (χ0n) is 5.50. The van der Waals surface area contributed by atoms with Crippen LogP contribution in [0.5, 0.6) is 0 Å². The van der Waals surface area contributed by atoms with E-state index in [0.717, 1.165) is 10.5 Å². The Morgan fingerprint density at radius 3 is 2.09 bits per heavy atom. The third-order valence-electron chi connectivity index (χ3n) is 1.15. The van der Waals surface area contributed by atoms with Crippen LogP contribution in [0.4, 0.5) is 0 Å². The summed E-state index contributed by atoms with van der Waals surface area (Å²) in [5.41, 5.74) is 0. The first kappa shape index (κ1) is 13.2. The van der Waals surface area contributed by atoms with Gasteiger partial charge in [0.05, 0.1) is 0 Å². The van der Waals surface area contributed by atoms with E-state index in [2.05, 4.69) is 24.3 Å². The lowest BCUT2D eigenvalue weighted by Gasteiger charge is -1.94. The number of hydrogen-bond donors (Lipinski definition) is 0. The molecule has 0 heterocycles. The molecule has 0 radical (unpaired) electrons. The van der Waals surface area contributed by atoms with Crippen LogP contribution in [0.1, 0.15) is 14.9 Å². The van der Waals surface area contributed by atoms with Crippen LogP contribution < -0.4 is 5.19 Å². The van der Waals surface area contributed by atoms with Crippen LogP contribution in [0.2, 0.25) is 0 Å². The summed E-state index contributed by atoms with van der Waals surface area (Å²) in [6.45, 7) is 0. The van der Waals surface area contributed by atoms with Gasteiger partial charge in [-0.2, -0.15) is 0 Å². The van der Waals surface area contributed by atoms with Crippen molar-refractivity contribution < 1.29 is 4.12 Å². The van der Waals surface area contributed by atoms with E-state index in [1.165, 1.54) is 5.19 Å². The molecule has 1 nitrogen and oxygen atoms in total. The van der Waals surface area contributed by atoms with E-state index in [1.54, 1.807) is 0 Å². The minimum atomic E-state index is -0.339. The Balaban J connectivity index is 0. The SMILES string of the molecule is C.C.[SiH3]O[SiH2]c1ccccc1. The molecule has 0 saturated carbocycles. The highest BCUT2D eigenvalue weighted by molar-refractivity contribution is 6.50. The van der Waals surface area contributed by atoms with Gasteiger partial charge in [0.25, 0.3) is 0 Å². The molecule has 0 unspecified atom stereocenters. The van der Waals surface area contributed by atoms with Gasteiger partial charge in [-0.3, -0.25) is 0 Å². The fourth-order valence-electron chi connectivity index (χ4n) is 0.741. The van der Waals surface area contributed by atoms with Crippen molar-refractivity contribution in [3.05, 3.63) is 30.3 Å². The van der Waals surface area contributed by atoms with E-state index < -0.39 is 0 Å². The topological polar surface area (TPSA) is 9.23 Å². The molecule has 0 aliphatic carbocycles. The number of benzene rings is 1. The second-order valence-electron chi connectivity index (χ2n) is 1.92. The van der Waals surface area contributed by atoms with Crippen molar-refractivity contribution in [2.75, 3.05) is 0 Å². The fourth-order valence-corrected chi connectivity index (χ4v) is 2.54. The largest absolute Gasteiger partial charge is 0.465 e. The summed E-state index contributed by atoms with van der Waals surface area (Å²) in [6, 6.07) is 10.4. The Bertz CT molecular complexity index is 165. The van der Waals surface area contributed by atoms with Crippen molar-refractivity contribution in [3.8, 4) is 0 Å². The second-order valence-corrected chi connectivity index (χ2v) is 5.33. The van der Waals surface area contributed by atoms with Crippen LogP contribution in [-0.2, 0) is 4.12 Å². The van der Waals surface area contributed by atoms with E-state index in [1.807, 2.05) is 6.07 Å². The molecule has 0 amide bonds. The average molecular weight is 186 g/mol. The van der Waals surface area contributed by atoms with Crippen LogP contribution in [-0.4, -0.2) is 20.2 Å². The van der Waals surface area contributed by atoms with Gasteiger partial charge in [-0.05, 0) is 5.19 Å². The molecule has 0 aliphatic heterocycles. The highest BCUT2D eigenvalue weighted by atomic mass is 28.3. The Morgan fingerprint density at radius 2 is 1.64 bits per heavy atom. The Hall–Kier alpha value is -0.386. The van der Waals surface area contributed by atoms with Gasteiger partial charge in [0.15, 0.2) is 9.76 Å². The molecule has 3 heteroatoms. The minimum Gasteiger partial charge on any atom is -0.465 e. The van der Waals surface area contributed by atoms with Crippen LogP contribution in [0, 0.1) is 0 Å².